The topological polar surface area (TPSA) is 55.8 Å². The number of rotatable bonds is 4. The van der Waals surface area contributed by atoms with Crippen molar-refractivity contribution in [3.05, 3.63) is 29.3 Å². The predicted octanol–water partition coefficient (Wildman–Crippen LogP) is 3.22. The van der Waals surface area contributed by atoms with Crippen molar-refractivity contribution >= 4 is 23.7 Å². The normalized spacial score (nSPS) is 19.0. The van der Waals surface area contributed by atoms with Crippen LogP contribution in [0.2, 0.25) is 0 Å². The first kappa shape index (κ1) is 19.0. The van der Waals surface area contributed by atoms with Gasteiger partial charge in [0.1, 0.15) is 0 Å². The second-order valence-electron chi connectivity index (χ2n) is 6.26. The van der Waals surface area contributed by atoms with E-state index < -0.39 is 12.1 Å². The van der Waals surface area contributed by atoms with Crippen molar-refractivity contribution in [3.8, 4) is 0 Å². The molecule has 0 spiro atoms. The number of ether oxygens (including phenoxy) is 1. The van der Waals surface area contributed by atoms with Crippen LogP contribution in [0, 0.1) is 5.92 Å². The number of benzene rings is 1. The summed E-state index contributed by atoms with van der Waals surface area (Å²) >= 11 is 1.66. The van der Waals surface area contributed by atoms with E-state index >= 15 is 0 Å². The number of esters is 1. The molecule has 0 atom stereocenters. The zero-order valence-electron chi connectivity index (χ0n) is 13.9. The Morgan fingerprint density at radius 2 is 2.04 bits per heavy atom. The molecule has 0 saturated carbocycles. The molecule has 5 nitrogen and oxygen atoms in total. The van der Waals surface area contributed by atoms with Gasteiger partial charge in [-0.05, 0) is 42.5 Å². The quantitative estimate of drug-likeness (QED) is 0.582. The Morgan fingerprint density at radius 1 is 1.31 bits per heavy atom. The number of carbonyl (C=O) groups is 2. The van der Waals surface area contributed by atoms with Crippen LogP contribution in [0.5, 0.6) is 0 Å². The fraction of sp³-hybridized carbons (Fsp3) is 0.529. The number of piperidine rings is 1. The molecular weight excluding hydrogens is 371 g/mol. The smallest absolute Gasteiger partial charge is 0.462 e. The first-order chi connectivity index (χ1) is 12.3. The minimum Gasteiger partial charge on any atom is -0.462 e. The van der Waals surface area contributed by atoms with Gasteiger partial charge in [0.15, 0.2) is 0 Å². The van der Waals surface area contributed by atoms with Crippen molar-refractivity contribution in [1.29, 1.82) is 0 Å². The monoisotopic (exact) mass is 389 g/mol. The highest BCUT2D eigenvalue weighted by atomic mass is 32.2. The standard InChI is InChI=1S/C17H18F3NO4S/c18-17(19,20)16(23)25-21-6-3-11(4-7-21)10-26-13-1-2-14-12(9-13)5-8-24-15(14)22/h1-2,9,11H,3-8,10H2. The molecule has 2 aliphatic rings. The summed E-state index contributed by atoms with van der Waals surface area (Å²) in [6, 6.07) is 5.66. The lowest BCUT2D eigenvalue weighted by Crippen LogP contribution is -2.40. The summed E-state index contributed by atoms with van der Waals surface area (Å²) < 4.78 is 41.6. The molecule has 2 heterocycles. The fourth-order valence-electron chi connectivity index (χ4n) is 2.95. The summed E-state index contributed by atoms with van der Waals surface area (Å²) in [6.45, 7) is 0.987. The molecule has 0 amide bonds. The van der Waals surface area contributed by atoms with Gasteiger partial charge in [-0.1, -0.05) is 0 Å². The maximum absolute atomic E-state index is 12.2. The number of halogens is 3. The van der Waals surface area contributed by atoms with Gasteiger partial charge in [0, 0.05) is 30.2 Å². The van der Waals surface area contributed by atoms with E-state index in [9.17, 15) is 22.8 Å². The molecule has 1 fully saturated rings. The molecule has 9 heteroatoms. The first-order valence-corrected chi connectivity index (χ1v) is 9.28. The van der Waals surface area contributed by atoms with E-state index in [-0.39, 0.29) is 5.97 Å². The Bertz CT molecular complexity index is 687. The number of hydrogen-bond acceptors (Lipinski definition) is 6. The average Bonchev–Trinajstić information content (AvgIpc) is 2.60. The van der Waals surface area contributed by atoms with Crippen LogP contribution in [0.3, 0.4) is 0 Å². The number of cyclic esters (lactones) is 1. The molecule has 3 rings (SSSR count). The summed E-state index contributed by atoms with van der Waals surface area (Å²) in [5.74, 6) is -1.30. The van der Waals surface area contributed by atoms with Crippen molar-refractivity contribution in [2.45, 2.75) is 30.3 Å². The van der Waals surface area contributed by atoms with E-state index in [2.05, 4.69) is 4.84 Å². The van der Waals surface area contributed by atoms with Gasteiger partial charge in [-0.2, -0.15) is 13.2 Å². The van der Waals surface area contributed by atoms with E-state index in [1.54, 1.807) is 17.8 Å². The van der Waals surface area contributed by atoms with Gasteiger partial charge in [-0.15, -0.1) is 16.8 Å². The molecule has 0 aliphatic carbocycles. The molecule has 2 aliphatic heterocycles. The summed E-state index contributed by atoms with van der Waals surface area (Å²) in [5.41, 5.74) is 1.60. The zero-order chi connectivity index (χ0) is 18.7. The van der Waals surface area contributed by atoms with Crippen LogP contribution >= 0.6 is 11.8 Å². The van der Waals surface area contributed by atoms with Crippen LogP contribution in [-0.4, -0.2) is 48.6 Å². The molecule has 0 radical (unpaired) electrons. The molecule has 142 valence electrons. The summed E-state index contributed by atoms with van der Waals surface area (Å²) in [4.78, 5) is 27.9. The number of carbonyl (C=O) groups excluding carboxylic acids is 2. The zero-order valence-corrected chi connectivity index (χ0v) is 14.7. The maximum Gasteiger partial charge on any atom is 0.492 e. The third kappa shape index (κ3) is 4.70. The number of nitrogens with zero attached hydrogens (tertiary/aromatic N) is 1. The van der Waals surface area contributed by atoms with Crippen LogP contribution in [0.25, 0.3) is 0 Å². The van der Waals surface area contributed by atoms with E-state index in [0.29, 0.717) is 50.4 Å². The lowest BCUT2D eigenvalue weighted by Gasteiger charge is -2.30. The van der Waals surface area contributed by atoms with Crippen molar-refractivity contribution < 1.29 is 32.3 Å². The summed E-state index contributed by atoms with van der Waals surface area (Å²) in [6.07, 6.45) is -2.94. The molecule has 0 bridgehead atoms. The van der Waals surface area contributed by atoms with Crippen molar-refractivity contribution in [1.82, 2.24) is 5.06 Å². The molecule has 26 heavy (non-hydrogen) atoms. The molecule has 1 aromatic carbocycles. The van der Waals surface area contributed by atoms with Gasteiger partial charge in [-0.25, -0.2) is 9.59 Å². The third-order valence-electron chi connectivity index (χ3n) is 4.40. The Balaban J connectivity index is 1.46. The molecule has 0 aromatic heterocycles. The number of fused-ring (bicyclic) bond motifs is 1. The van der Waals surface area contributed by atoms with E-state index in [4.69, 9.17) is 4.74 Å². The maximum atomic E-state index is 12.2. The number of alkyl halides is 3. The predicted molar refractivity (Wildman–Crippen MR) is 87.6 cm³/mol. The highest BCUT2D eigenvalue weighted by molar-refractivity contribution is 7.99. The number of thioether (sulfide) groups is 1. The van der Waals surface area contributed by atoms with Gasteiger partial charge in [0.05, 0.1) is 12.2 Å². The van der Waals surface area contributed by atoms with Gasteiger partial charge in [0.25, 0.3) is 0 Å². The van der Waals surface area contributed by atoms with E-state index in [1.807, 2.05) is 12.1 Å². The lowest BCUT2D eigenvalue weighted by atomic mass is 10.0. The second kappa shape index (κ2) is 7.87. The highest BCUT2D eigenvalue weighted by Gasteiger charge is 2.42. The largest absolute Gasteiger partial charge is 0.492 e. The van der Waals surface area contributed by atoms with Crippen LogP contribution in [0.1, 0.15) is 28.8 Å². The Labute approximate surface area is 152 Å². The molecule has 1 aromatic rings. The van der Waals surface area contributed by atoms with Gasteiger partial charge < -0.3 is 9.57 Å². The van der Waals surface area contributed by atoms with Crippen LogP contribution in [-0.2, 0) is 20.8 Å². The molecule has 1 saturated heterocycles. The lowest BCUT2D eigenvalue weighted by molar-refractivity contribution is -0.242. The highest BCUT2D eigenvalue weighted by Crippen LogP contribution is 2.29. The van der Waals surface area contributed by atoms with Crippen molar-refractivity contribution in [2.75, 3.05) is 25.4 Å². The van der Waals surface area contributed by atoms with E-state index in [1.165, 1.54) is 0 Å². The van der Waals surface area contributed by atoms with Crippen molar-refractivity contribution in [2.24, 2.45) is 5.92 Å². The van der Waals surface area contributed by atoms with E-state index in [0.717, 1.165) is 21.3 Å². The SMILES string of the molecule is O=C1OCCc2cc(SCC3CCN(OC(=O)C(F)(F)F)CC3)ccc21. The minimum atomic E-state index is -4.97. The fourth-order valence-corrected chi connectivity index (χ4v) is 4.10. The molecule has 0 N–H and O–H groups in total. The molecular formula is C17H18F3NO4S. The third-order valence-corrected chi connectivity index (χ3v) is 5.63. The minimum absolute atomic E-state index is 0.288. The van der Waals surface area contributed by atoms with Crippen LogP contribution in [0.15, 0.2) is 23.1 Å². The number of hydrogen-bond donors (Lipinski definition) is 0. The Morgan fingerprint density at radius 3 is 2.73 bits per heavy atom. The van der Waals surface area contributed by atoms with Crippen LogP contribution in [0.4, 0.5) is 13.2 Å². The van der Waals surface area contributed by atoms with Gasteiger partial charge in [-0.3, -0.25) is 0 Å². The Kier molecular flexibility index (Phi) is 5.76. The molecule has 0 unspecified atom stereocenters. The average molecular weight is 389 g/mol. The van der Waals surface area contributed by atoms with Gasteiger partial charge in [0.2, 0.25) is 0 Å². The Hall–Kier alpha value is -1.74. The van der Waals surface area contributed by atoms with Crippen LogP contribution < -0.4 is 0 Å². The van der Waals surface area contributed by atoms with Gasteiger partial charge >= 0.3 is 18.1 Å². The summed E-state index contributed by atoms with van der Waals surface area (Å²) in [5, 5.41) is 1.08. The van der Waals surface area contributed by atoms with Crippen molar-refractivity contribution in [3.63, 3.8) is 0 Å². The first-order valence-electron chi connectivity index (χ1n) is 8.30. The number of hydroxylamine groups is 2. The second-order valence-corrected chi connectivity index (χ2v) is 7.36. The summed E-state index contributed by atoms with van der Waals surface area (Å²) in [7, 11) is 0.